The van der Waals surface area contributed by atoms with Gasteiger partial charge in [0.15, 0.2) is 0 Å². The molecule has 0 amide bonds. The van der Waals surface area contributed by atoms with Crippen LogP contribution in [-0.2, 0) is 0 Å². The second-order valence-corrected chi connectivity index (χ2v) is 8.28. The Morgan fingerprint density at radius 3 is 0.611 bits per heavy atom. The van der Waals surface area contributed by atoms with Gasteiger partial charge in [0, 0.05) is 18.2 Å². The van der Waals surface area contributed by atoms with Gasteiger partial charge in [-0.1, -0.05) is 36.5 Å². The number of rotatable bonds is 6. The number of phenolic OH excluding ortho intramolecular Hbond substituents is 6. The lowest BCUT2D eigenvalue weighted by molar-refractivity contribution is 0.449. The molecule has 0 aromatic heterocycles. The molecule has 4 aromatic carbocycles. The van der Waals surface area contributed by atoms with Gasteiger partial charge in [0.1, 0.15) is 34.5 Å². The first-order valence-corrected chi connectivity index (χ1v) is 11.0. The highest BCUT2D eigenvalue weighted by molar-refractivity contribution is 5.79. The quantitative estimate of drug-likeness (QED) is 0.177. The molecule has 0 saturated heterocycles. The molecule has 0 aliphatic heterocycles. The molecule has 4 rings (SSSR count). The van der Waals surface area contributed by atoms with Crippen LogP contribution in [0.4, 0.5) is 0 Å². The first-order chi connectivity index (χ1) is 17.2. The number of aromatic hydroxyl groups is 6. The monoisotopic (exact) mass is 480 g/mol. The molecule has 0 atom stereocenters. The molecule has 0 unspecified atom stereocenters. The standard InChI is InChI=1S/C30H24O6/c31-25-10-22(11-26(32)16-25)4-1-19-7-20(2-5-23-12-27(33)17-28(34)13-23)9-21(8-19)3-6-24-14-29(35)18-30(36)15-24/h1-18,31-36H/b4-1+,5-2+,6-3+. The summed E-state index contributed by atoms with van der Waals surface area (Å²) in [5.41, 5.74) is 4.36. The van der Waals surface area contributed by atoms with E-state index in [1.54, 1.807) is 18.2 Å². The largest absolute Gasteiger partial charge is 0.508 e. The number of phenols is 6. The molecule has 0 saturated carbocycles. The minimum absolute atomic E-state index is 0.0429. The van der Waals surface area contributed by atoms with Crippen molar-refractivity contribution in [1.29, 1.82) is 0 Å². The highest BCUT2D eigenvalue weighted by Gasteiger charge is 2.01. The maximum absolute atomic E-state index is 9.73. The van der Waals surface area contributed by atoms with Crippen molar-refractivity contribution in [2.45, 2.75) is 0 Å². The number of benzene rings is 4. The van der Waals surface area contributed by atoms with Gasteiger partial charge in [-0.2, -0.15) is 0 Å². The van der Waals surface area contributed by atoms with Crippen LogP contribution in [0.3, 0.4) is 0 Å². The zero-order valence-electron chi connectivity index (χ0n) is 19.1. The molecular formula is C30H24O6. The molecule has 0 aliphatic rings. The van der Waals surface area contributed by atoms with Crippen molar-refractivity contribution >= 4 is 36.5 Å². The third kappa shape index (κ3) is 6.71. The van der Waals surface area contributed by atoms with Gasteiger partial charge in [0.2, 0.25) is 0 Å². The van der Waals surface area contributed by atoms with E-state index in [9.17, 15) is 30.6 Å². The molecule has 0 aliphatic carbocycles. The van der Waals surface area contributed by atoms with Crippen molar-refractivity contribution in [1.82, 2.24) is 0 Å². The molecule has 6 N–H and O–H groups in total. The second-order valence-electron chi connectivity index (χ2n) is 8.28. The molecule has 0 bridgehead atoms. The van der Waals surface area contributed by atoms with E-state index in [4.69, 9.17) is 0 Å². The average molecular weight is 481 g/mol. The Morgan fingerprint density at radius 2 is 0.417 bits per heavy atom. The highest BCUT2D eigenvalue weighted by Crippen LogP contribution is 2.26. The molecule has 180 valence electrons. The zero-order chi connectivity index (χ0) is 25.7. The van der Waals surface area contributed by atoms with Gasteiger partial charge in [-0.25, -0.2) is 0 Å². The van der Waals surface area contributed by atoms with E-state index < -0.39 is 0 Å². The van der Waals surface area contributed by atoms with Gasteiger partial charge < -0.3 is 30.6 Å². The maximum atomic E-state index is 9.73. The molecule has 36 heavy (non-hydrogen) atoms. The van der Waals surface area contributed by atoms with Crippen LogP contribution in [-0.4, -0.2) is 30.6 Å². The predicted molar refractivity (Wildman–Crippen MR) is 143 cm³/mol. The van der Waals surface area contributed by atoms with Crippen LogP contribution in [0.5, 0.6) is 34.5 Å². The van der Waals surface area contributed by atoms with E-state index in [-0.39, 0.29) is 34.5 Å². The van der Waals surface area contributed by atoms with Crippen LogP contribution >= 0.6 is 0 Å². The first kappa shape index (κ1) is 24.0. The van der Waals surface area contributed by atoms with Crippen molar-refractivity contribution in [2.24, 2.45) is 0 Å². The van der Waals surface area contributed by atoms with Gasteiger partial charge in [0.05, 0.1) is 0 Å². The second kappa shape index (κ2) is 10.4. The zero-order valence-corrected chi connectivity index (χ0v) is 19.1. The molecular weight excluding hydrogens is 456 g/mol. The predicted octanol–water partition coefficient (Wildman–Crippen LogP) is 6.43. The summed E-state index contributed by atoms with van der Waals surface area (Å²) in [5, 5.41) is 58.4. The Balaban J connectivity index is 1.70. The minimum atomic E-state index is -0.0429. The first-order valence-electron chi connectivity index (χ1n) is 11.0. The summed E-state index contributed by atoms with van der Waals surface area (Å²) in [6, 6.07) is 18.7. The van der Waals surface area contributed by atoms with Crippen molar-refractivity contribution in [3.63, 3.8) is 0 Å². The summed E-state index contributed by atoms with van der Waals surface area (Å²) in [6.45, 7) is 0. The van der Waals surface area contributed by atoms with Crippen LogP contribution < -0.4 is 0 Å². The Bertz CT molecular complexity index is 1250. The van der Waals surface area contributed by atoms with Gasteiger partial charge in [-0.05, 0) is 88.0 Å². The van der Waals surface area contributed by atoms with Gasteiger partial charge in [0.25, 0.3) is 0 Å². The van der Waals surface area contributed by atoms with E-state index in [0.29, 0.717) is 16.7 Å². The van der Waals surface area contributed by atoms with Gasteiger partial charge in [-0.3, -0.25) is 0 Å². The lowest BCUT2D eigenvalue weighted by atomic mass is 10.0. The van der Waals surface area contributed by atoms with Crippen LogP contribution in [0, 0.1) is 0 Å². The lowest BCUT2D eigenvalue weighted by Crippen LogP contribution is -1.82. The molecule has 0 fully saturated rings. The molecule has 0 heterocycles. The Labute approximate surface area is 207 Å². The van der Waals surface area contributed by atoms with Crippen LogP contribution in [0.1, 0.15) is 33.4 Å². The maximum Gasteiger partial charge on any atom is 0.119 e. The summed E-state index contributed by atoms with van der Waals surface area (Å²) in [5.74, 6) is -0.257. The number of hydrogen-bond acceptors (Lipinski definition) is 6. The SMILES string of the molecule is Oc1cc(O)cc(/C=C/c2cc(/C=C/c3cc(O)cc(O)c3)cc(/C=C/c3cc(O)cc(O)c3)c2)c1. The smallest absolute Gasteiger partial charge is 0.119 e. The van der Waals surface area contributed by atoms with E-state index >= 15 is 0 Å². The molecule has 0 radical (unpaired) electrons. The topological polar surface area (TPSA) is 121 Å². The molecule has 6 heteroatoms. The average Bonchev–Trinajstić information content (AvgIpc) is 2.78. The molecule has 6 nitrogen and oxygen atoms in total. The van der Waals surface area contributed by atoms with Crippen molar-refractivity contribution in [2.75, 3.05) is 0 Å². The molecule has 0 spiro atoms. The molecule has 4 aromatic rings. The van der Waals surface area contributed by atoms with Gasteiger partial charge >= 0.3 is 0 Å². The van der Waals surface area contributed by atoms with Gasteiger partial charge in [-0.15, -0.1) is 0 Å². The summed E-state index contributed by atoms with van der Waals surface area (Å²) < 4.78 is 0. The van der Waals surface area contributed by atoms with E-state index in [2.05, 4.69) is 0 Å². The summed E-state index contributed by atoms with van der Waals surface area (Å²) in [7, 11) is 0. The summed E-state index contributed by atoms with van der Waals surface area (Å²) in [4.78, 5) is 0. The Kier molecular flexibility index (Phi) is 6.97. The fourth-order valence-corrected chi connectivity index (χ4v) is 3.71. The van der Waals surface area contributed by atoms with Crippen molar-refractivity contribution < 1.29 is 30.6 Å². The minimum Gasteiger partial charge on any atom is -0.508 e. The highest BCUT2D eigenvalue weighted by atomic mass is 16.3. The summed E-state index contributed by atoms with van der Waals surface area (Å²) >= 11 is 0. The van der Waals surface area contributed by atoms with E-state index in [0.717, 1.165) is 16.7 Å². The lowest BCUT2D eigenvalue weighted by Gasteiger charge is -2.04. The third-order valence-electron chi connectivity index (χ3n) is 5.18. The third-order valence-corrected chi connectivity index (χ3v) is 5.18. The fourth-order valence-electron chi connectivity index (χ4n) is 3.71. The normalized spacial score (nSPS) is 11.7. The van der Waals surface area contributed by atoms with Crippen LogP contribution in [0.2, 0.25) is 0 Å². The van der Waals surface area contributed by atoms with Crippen LogP contribution in [0.15, 0.2) is 72.8 Å². The Hall–Kier alpha value is -5.10. The summed E-state index contributed by atoms with van der Waals surface area (Å²) in [6.07, 6.45) is 10.8. The fraction of sp³-hybridized carbons (Fsp3) is 0. The van der Waals surface area contributed by atoms with E-state index in [1.807, 2.05) is 36.4 Å². The van der Waals surface area contributed by atoms with E-state index in [1.165, 1.54) is 54.6 Å². The van der Waals surface area contributed by atoms with Crippen molar-refractivity contribution in [3.05, 3.63) is 106 Å². The number of hydrogen-bond donors (Lipinski definition) is 6. The Morgan fingerprint density at radius 1 is 0.250 bits per heavy atom. The van der Waals surface area contributed by atoms with Crippen molar-refractivity contribution in [3.8, 4) is 34.5 Å². The van der Waals surface area contributed by atoms with Crippen LogP contribution in [0.25, 0.3) is 36.5 Å².